The topological polar surface area (TPSA) is 69.7 Å². The molecule has 2 aromatic carbocycles. The normalized spacial score (nSPS) is 13.5. The van der Waals surface area contributed by atoms with Crippen LogP contribution in [0.4, 0.5) is 24.5 Å². The largest absolute Gasteiger partial charge is 0.416 e. The second kappa shape index (κ2) is 7.57. The predicted octanol–water partition coefficient (Wildman–Crippen LogP) is 3.40. The standard InChI is InChI=1S/C20H18F3N3O3/c1-25(2)16-8-7-12(20(21,22)23)11-15(16)24-17(27)9-10-26-18(28)13-5-3-4-6-14(13)19(26)29/h3-8,11H,9-10H2,1-2H3,(H,24,27). The van der Waals surface area contributed by atoms with Crippen LogP contribution in [0, 0.1) is 0 Å². The van der Waals surface area contributed by atoms with Gasteiger partial charge in [-0.2, -0.15) is 13.2 Å². The molecule has 0 atom stereocenters. The number of hydrogen-bond acceptors (Lipinski definition) is 4. The number of rotatable bonds is 5. The summed E-state index contributed by atoms with van der Waals surface area (Å²) < 4.78 is 39.0. The third-order valence-electron chi connectivity index (χ3n) is 4.52. The molecule has 3 amide bonds. The first-order valence-corrected chi connectivity index (χ1v) is 8.73. The number of imide groups is 1. The fourth-order valence-electron chi connectivity index (χ4n) is 3.07. The second-order valence-electron chi connectivity index (χ2n) is 6.73. The van der Waals surface area contributed by atoms with E-state index in [0.717, 1.165) is 17.0 Å². The smallest absolute Gasteiger partial charge is 0.376 e. The first kappa shape index (κ1) is 20.4. The molecule has 29 heavy (non-hydrogen) atoms. The van der Waals surface area contributed by atoms with Crippen LogP contribution in [0.5, 0.6) is 0 Å². The third kappa shape index (κ3) is 4.08. The fraction of sp³-hybridized carbons (Fsp3) is 0.250. The van der Waals surface area contributed by atoms with E-state index in [-0.39, 0.29) is 29.8 Å². The highest BCUT2D eigenvalue weighted by Gasteiger charge is 2.35. The molecule has 9 heteroatoms. The summed E-state index contributed by atoms with van der Waals surface area (Å²) >= 11 is 0. The number of hydrogen-bond donors (Lipinski definition) is 1. The molecule has 1 aliphatic rings. The van der Waals surface area contributed by atoms with Gasteiger partial charge in [-0.05, 0) is 30.3 Å². The molecular weight excluding hydrogens is 387 g/mol. The Balaban J connectivity index is 1.72. The van der Waals surface area contributed by atoms with Crippen molar-refractivity contribution in [2.45, 2.75) is 12.6 Å². The molecule has 0 aliphatic carbocycles. The summed E-state index contributed by atoms with van der Waals surface area (Å²) in [5.41, 5.74) is 0.0411. The average Bonchev–Trinajstić information content (AvgIpc) is 2.90. The number of carbonyl (C=O) groups is 3. The van der Waals surface area contributed by atoms with Gasteiger partial charge in [0.15, 0.2) is 0 Å². The lowest BCUT2D eigenvalue weighted by molar-refractivity contribution is -0.137. The molecule has 0 saturated carbocycles. The molecule has 152 valence electrons. The Morgan fingerprint density at radius 2 is 1.62 bits per heavy atom. The second-order valence-corrected chi connectivity index (χ2v) is 6.73. The number of nitrogens with one attached hydrogen (secondary N) is 1. The monoisotopic (exact) mass is 405 g/mol. The molecule has 0 aromatic heterocycles. The lowest BCUT2D eigenvalue weighted by atomic mass is 10.1. The first-order chi connectivity index (χ1) is 13.6. The maximum Gasteiger partial charge on any atom is 0.416 e. The van der Waals surface area contributed by atoms with E-state index < -0.39 is 29.5 Å². The van der Waals surface area contributed by atoms with Gasteiger partial charge >= 0.3 is 6.18 Å². The number of alkyl halides is 3. The van der Waals surface area contributed by atoms with Crippen LogP contribution in [0.1, 0.15) is 32.7 Å². The Hall–Kier alpha value is -3.36. The van der Waals surface area contributed by atoms with Gasteiger partial charge in [-0.25, -0.2) is 0 Å². The van der Waals surface area contributed by atoms with Crippen molar-refractivity contribution in [1.29, 1.82) is 0 Å². The van der Waals surface area contributed by atoms with Gasteiger partial charge in [-0.15, -0.1) is 0 Å². The summed E-state index contributed by atoms with van der Waals surface area (Å²) in [5, 5.41) is 2.45. The number of fused-ring (bicyclic) bond motifs is 1. The zero-order chi connectivity index (χ0) is 21.3. The van der Waals surface area contributed by atoms with E-state index in [1.807, 2.05) is 0 Å². The number of halogens is 3. The Bertz CT molecular complexity index is 951. The van der Waals surface area contributed by atoms with Crippen molar-refractivity contribution >= 4 is 29.1 Å². The number of benzene rings is 2. The van der Waals surface area contributed by atoms with E-state index in [9.17, 15) is 27.6 Å². The van der Waals surface area contributed by atoms with Crippen molar-refractivity contribution in [2.75, 3.05) is 30.9 Å². The van der Waals surface area contributed by atoms with E-state index >= 15 is 0 Å². The molecule has 1 heterocycles. The molecule has 6 nitrogen and oxygen atoms in total. The lowest BCUT2D eigenvalue weighted by Gasteiger charge is -2.20. The number of amides is 3. The molecule has 0 bridgehead atoms. The Labute approximate surface area is 164 Å². The van der Waals surface area contributed by atoms with Gasteiger partial charge in [0, 0.05) is 27.1 Å². The van der Waals surface area contributed by atoms with Crippen LogP contribution in [0.15, 0.2) is 42.5 Å². The molecule has 0 radical (unpaired) electrons. The SMILES string of the molecule is CN(C)c1ccc(C(F)(F)F)cc1NC(=O)CCN1C(=O)c2ccccc2C1=O. The van der Waals surface area contributed by atoms with Gasteiger partial charge in [0.2, 0.25) is 5.91 Å². The summed E-state index contributed by atoms with van der Waals surface area (Å²) in [6, 6.07) is 9.39. The van der Waals surface area contributed by atoms with Crippen LogP contribution >= 0.6 is 0 Å². The minimum absolute atomic E-state index is 0.00261. The lowest BCUT2D eigenvalue weighted by Crippen LogP contribution is -2.33. The number of anilines is 2. The summed E-state index contributed by atoms with van der Waals surface area (Å²) in [5.74, 6) is -1.60. The Kier molecular flexibility index (Phi) is 5.32. The Morgan fingerprint density at radius 3 is 2.14 bits per heavy atom. The van der Waals surface area contributed by atoms with Crippen molar-refractivity contribution in [3.63, 3.8) is 0 Å². The zero-order valence-corrected chi connectivity index (χ0v) is 15.7. The van der Waals surface area contributed by atoms with Crippen LogP contribution in [0.3, 0.4) is 0 Å². The van der Waals surface area contributed by atoms with E-state index in [1.54, 1.807) is 31.1 Å². The predicted molar refractivity (Wildman–Crippen MR) is 101 cm³/mol. The maximum atomic E-state index is 13.0. The summed E-state index contributed by atoms with van der Waals surface area (Å²) in [6.07, 6.45) is -4.79. The van der Waals surface area contributed by atoms with E-state index in [0.29, 0.717) is 5.69 Å². The molecule has 0 saturated heterocycles. The van der Waals surface area contributed by atoms with Crippen LogP contribution < -0.4 is 10.2 Å². The van der Waals surface area contributed by atoms with Gasteiger partial charge in [0.25, 0.3) is 11.8 Å². The molecule has 2 aromatic rings. The molecule has 0 spiro atoms. The zero-order valence-electron chi connectivity index (χ0n) is 15.7. The van der Waals surface area contributed by atoms with Gasteiger partial charge in [0.1, 0.15) is 0 Å². The van der Waals surface area contributed by atoms with E-state index in [2.05, 4.69) is 5.32 Å². The van der Waals surface area contributed by atoms with Gasteiger partial charge in [-0.3, -0.25) is 19.3 Å². The number of carbonyl (C=O) groups excluding carboxylic acids is 3. The van der Waals surface area contributed by atoms with Gasteiger partial charge in [0.05, 0.1) is 28.1 Å². The highest BCUT2D eigenvalue weighted by atomic mass is 19.4. The molecule has 0 unspecified atom stereocenters. The highest BCUT2D eigenvalue weighted by molar-refractivity contribution is 6.21. The van der Waals surface area contributed by atoms with E-state index in [4.69, 9.17) is 0 Å². The van der Waals surface area contributed by atoms with Crippen molar-refractivity contribution in [3.8, 4) is 0 Å². The molecule has 1 aliphatic heterocycles. The molecule has 3 rings (SSSR count). The minimum Gasteiger partial charge on any atom is -0.376 e. The van der Waals surface area contributed by atoms with E-state index in [1.165, 1.54) is 18.2 Å². The quantitative estimate of drug-likeness (QED) is 0.775. The van der Waals surface area contributed by atoms with Crippen molar-refractivity contribution < 1.29 is 27.6 Å². The fourth-order valence-corrected chi connectivity index (χ4v) is 3.07. The first-order valence-electron chi connectivity index (χ1n) is 8.73. The van der Waals surface area contributed by atoms with Crippen LogP contribution in [-0.2, 0) is 11.0 Å². The van der Waals surface area contributed by atoms with Crippen molar-refractivity contribution in [3.05, 3.63) is 59.2 Å². The Morgan fingerprint density at radius 1 is 1.03 bits per heavy atom. The maximum absolute atomic E-state index is 13.0. The van der Waals surface area contributed by atoms with Crippen molar-refractivity contribution in [1.82, 2.24) is 4.90 Å². The van der Waals surface area contributed by atoms with Gasteiger partial charge in [-0.1, -0.05) is 12.1 Å². The summed E-state index contributed by atoms with van der Waals surface area (Å²) in [4.78, 5) is 39.5. The number of nitrogens with zero attached hydrogens (tertiary/aromatic N) is 2. The van der Waals surface area contributed by atoms with Crippen LogP contribution in [0.2, 0.25) is 0 Å². The molecule has 1 N–H and O–H groups in total. The van der Waals surface area contributed by atoms with Crippen LogP contribution in [0.25, 0.3) is 0 Å². The molecular formula is C20H18F3N3O3. The highest BCUT2D eigenvalue weighted by Crippen LogP contribution is 2.35. The van der Waals surface area contributed by atoms with Crippen LogP contribution in [-0.4, -0.2) is 43.3 Å². The minimum atomic E-state index is -4.55. The average molecular weight is 405 g/mol. The summed E-state index contributed by atoms with van der Waals surface area (Å²) in [6.45, 7) is -0.172. The third-order valence-corrected chi connectivity index (χ3v) is 4.52. The van der Waals surface area contributed by atoms with Gasteiger partial charge < -0.3 is 10.2 Å². The molecule has 0 fully saturated rings. The summed E-state index contributed by atoms with van der Waals surface area (Å²) in [7, 11) is 3.27. The van der Waals surface area contributed by atoms with Crippen molar-refractivity contribution in [2.24, 2.45) is 0 Å².